The molecule has 0 aliphatic heterocycles. The highest BCUT2D eigenvalue weighted by Gasteiger charge is 2.18. The van der Waals surface area contributed by atoms with E-state index in [0.717, 1.165) is 49.4 Å². The summed E-state index contributed by atoms with van der Waals surface area (Å²) in [5.74, 6) is 0.0143. The molecule has 0 spiro atoms. The zero-order valence-corrected chi connectivity index (χ0v) is 13.1. The van der Waals surface area contributed by atoms with Crippen molar-refractivity contribution in [2.45, 2.75) is 52.0 Å². The van der Waals surface area contributed by atoms with Crippen molar-refractivity contribution in [2.24, 2.45) is 0 Å². The van der Waals surface area contributed by atoms with E-state index in [4.69, 9.17) is 16.3 Å². The van der Waals surface area contributed by atoms with Gasteiger partial charge < -0.3 is 9.30 Å². The minimum Gasteiger partial charge on any atom is -0.385 e. The number of methoxy groups -OCH3 is 1. The third kappa shape index (κ3) is 4.36. The number of hydrogen-bond acceptors (Lipinski definition) is 2. The number of ketones is 1. The number of Topliss-reactive ketones (excluding diaryl/α,β-unsaturated/α-hetero) is 1. The molecule has 0 aromatic carbocycles. The summed E-state index contributed by atoms with van der Waals surface area (Å²) in [6.45, 7) is 7.52. The van der Waals surface area contributed by atoms with Crippen molar-refractivity contribution in [2.75, 3.05) is 13.7 Å². The number of rotatable bonds is 8. The predicted octanol–water partition coefficient (Wildman–Crippen LogP) is 3.73. The van der Waals surface area contributed by atoms with Gasteiger partial charge >= 0.3 is 0 Å². The van der Waals surface area contributed by atoms with E-state index in [-0.39, 0.29) is 5.78 Å². The van der Waals surface area contributed by atoms with Crippen LogP contribution in [0.15, 0.2) is 6.07 Å². The summed E-state index contributed by atoms with van der Waals surface area (Å²) >= 11 is 5.89. The normalized spacial score (nSPS) is 12.7. The molecule has 108 valence electrons. The van der Waals surface area contributed by atoms with E-state index in [2.05, 4.69) is 4.57 Å². The maximum absolute atomic E-state index is 12.0. The van der Waals surface area contributed by atoms with Gasteiger partial charge in [-0.25, -0.2) is 0 Å². The number of alkyl halides is 1. The second-order valence-electron chi connectivity index (χ2n) is 4.97. The number of halogens is 1. The quantitative estimate of drug-likeness (QED) is 0.414. The van der Waals surface area contributed by atoms with E-state index in [9.17, 15) is 4.79 Å². The number of aromatic nitrogens is 1. The molecular weight excluding hydrogens is 262 g/mol. The van der Waals surface area contributed by atoms with Crippen molar-refractivity contribution in [3.63, 3.8) is 0 Å². The van der Waals surface area contributed by atoms with Gasteiger partial charge in [0, 0.05) is 37.2 Å². The number of unbranched alkanes of at least 4 members (excludes halogenated alkanes) is 2. The Kier molecular flexibility index (Phi) is 6.59. The van der Waals surface area contributed by atoms with Gasteiger partial charge in [0.2, 0.25) is 0 Å². The van der Waals surface area contributed by atoms with Crippen molar-refractivity contribution in [3.05, 3.63) is 23.0 Å². The lowest BCUT2D eigenvalue weighted by atomic mass is 10.1. The molecule has 0 radical (unpaired) electrons. The Labute approximate surface area is 120 Å². The minimum absolute atomic E-state index is 0.0143. The average Bonchev–Trinajstić information content (AvgIpc) is 2.64. The Bertz CT molecular complexity index is 424. The standard InChI is InChI=1S/C15H24ClNO2/c1-11-10-14(15(18)12(2)16)13(3)17(11)8-6-5-7-9-19-4/h10,12H,5-9H2,1-4H3. The molecule has 1 unspecified atom stereocenters. The van der Waals surface area contributed by atoms with Gasteiger partial charge in [0.25, 0.3) is 0 Å². The molecule has 0 saturated heterocycles. The summed E-state index contributed by atoms with van der Waals surface area (Å²) in [6, 6.07) is 1.95. The highest BCUT2D eigenvalue weighted by atomic mass is 35.5. The van der Waals surface area contributed by atoms with E-state index < -0.39 is 5.38 Å². The van der Waals surface area contributed by atoms with Crippen LogP contribution < -0.4 is 0 Å². The van der Waals surface area contributed by atoms with Crippen LogP contribution in [0.5, 0.6) is 0 Å². The van der Waals surface area contributed by atoms with Crippen LogP contribution in [0.25, 0.3) is 0 Å². The summed E-state index contributed by atoms with van der Waals surface area (Å²) in [6.07, 6.45) is 3.32. The number of nitrogens with zero attached hydrogens (tertiary/aromatic N) is 1. The number of ether oxygens (including phenoxy) is 1. The molecule has 1 aromatic rings. The topological polar surface area (TPSA) is 31.2 Å². The summed E-state index contributed by atoms with van der Waals surface area (Å²) < 4.78 is 7.25. The Hall–Kier alpha value is -0.800. The minimum atomic E-state index is -0.462. The SMILES string of the molecule is COCCCCCn1c(C)cc(C(=O)C(C)Cl)c1C. The fourth-order valence-corrected chi connectivity index (χ4v) is 2.42. The molecule has 0 bridgehead atoms. The van der Waals surface area contributed by atoms with Gasteiger partial charge in [-0.05, 0) is 46.1 Å². The monoisotopic (exact) mass is 285 g/mol. The number of aryl methyl sites for hydroxylation is 1. The van der Waals surface area contributed by atoms with Crippen LogP contribution in [0, 0.1) is 13.8 Å². The Morgan fingerprint density at radius 3 is 2.63 bits per heavy atom. The lowest BCUT2D eigenvalue weighted by Crippen LogP contribution is -2.12. The van der Waals surface area contributed by atoms with Gasteiger partial charge in [0.05, 0.1) is 5.38 Å². The fourth-order valence-electron chi connectivity index (χ4n) is 2.30. The predicted molar refractivity (Wildman–Crippen MR) is 79.3 cm³/mol. The second-order valence-corrected chi connectivity index (χ2v) is 5.62. The summed E-state index contributed by atoms with van der Waals surface area (Å²) in [5.41, 5.74) is 2.92. The van der Waals surface area contributed by atoms with Gasteiger partial charge in [0.15, 0.2) is 5.78 Å². The Morgan fingerprint density at radius 1 is 1.37 bits per heavy atom. The molecule has 19 heavy (non-hydrogen) atoms. The largest absolute Gasteiger partial charge is 0.385 e. The Balaban J connectivity index is 2.67. The number of hydrogen-bond donors (Lipinski definition) is 0. The second kappa shape index (κ2) is 7.71. The summed E-state index contributed by atoms with van der Waals surface area (Å²) in [7, 11) is 1.73. The zero-order chi connectivity index (χ0) is 14.4. The lowest BCUT2D eigenvalue weighted by Gasteiger charge is -2.10. The van der Waals surface area contributed by atoms with Gasteiger partial charge in [-0.1, -0.05) is 0 Å². The van der Waals surface area contributed by atoms with Gasteiger partial charge in [0.1, 0.15) is 0 Å². The first-order valence-electron chi connectivity index (χ1n) is 6.83. The maximum atomic E-state index is 12.0. The van der Waals surface area contributed by atoms with Crippen molar-refractivity contribution < 1.29 is 9.53 Å². The molecule has 1 atom stereocenters. The van der Waals surface area contributed by atoms with Crippen LogP contribution in [0.1, 0.15) is 47.9 Å². The molecule has 1 rings (SSSR count). The van der Waals surface area contributed by atoms with Crippen LogP contribution in [0.2, 0.25) is 0 Å². The zero-order valence-electron chi connectivity index (χ0n) is 12.3. The third-order valence-corrected chi connectivity index (χ3v) is 3.63. The lowest BCUT2D eigenvalue weighted by molar-refractivity contribution is 0.0991. The first-order chi connectivity index (χ1) is 8.99. The van der Waals surface area contributed by atoms with Crippen molar-refractivity contribution in [1.82, 2.24) is 4.57 Å². The van der Waals surface area contributed by atoms with Crippen LogP contribution in [-0.2, 0) is 11.3 Å². The van der Waals surface area contributed by atoms with E-state index in [1.165, 1.54) is 0 Å². The Morgan fingerprint density at radius 2 is 2.05 bits per heavy atom. The van der Waals surface area contributed by atoms with Gasteiger partial charge in [-0.3, -0.25) is 4.79 Å². The smallest absolute Gasteiger partial charge is 0.182 e. The molecule has 0 fully saturated rings. The number of carbonyl (C=O) groups excluding carboxylic acids is 1. The fraction of sp³-hybridized carbons (Fsp3) is 0.667. The molecule has 1 aromatic heterocycles. The van der Waals surface area contributed by atoms with Crippen molar-refractivity contribution >= 4 is 17.4 Å². The maximum Gasteiger partial charge on any atom is 0.182 e. The molecule has 3 nitrogen and oxygen atoms in total. The number of carbonyl (C=O) groups is 1. The highest BCUT2D eigenvalue weighted by Crippen LogP contribution is 2.19. The van der Waals surface area contributed by atoms with Crippen LogP contribution >= 0.6 is 11.6 Å². The van der Waals surface area contributed by atoms with E-state index in [1.807, 2.05) is 19.9 Å². The van der Waals surface area contributed by atoms with Crippen LogP contribution in [0.4, 0.5) is 0 Å². The average molecular weight is 286 g/mol. The highest BCUT2D eigenvalue weighted by molar-refractivity contribution is 6.33. The molecule has 4 heteroatoms. The van der Waals surface area contributed by atoms with Crippen LogP contribution in [-0.4, -0.2) is 29.4 Å². The molecule has 0 aliphatic rings. The molecule has 0 aliphatic carbocycles. The molecule has 0 saturated carbocycles. The molecule has 0 amide bonds. The first kappa shape index (κ1) is 16.3. The van der Waals surface area contributed by atoms with Crippen molar-refractivity contribution in [3.8, 4) is 0 Å². The third-order valence-electron chi connectivity index (χ3n) is 3.43. The summed E-state index contributed by atoms with van der Waals surface area (Å²) in [4.78, 5) is 12.0. The van der Waals surface area contributed by atoms with Crippen LogP contribution in [0.3, 0.4) is 0 Å². The van der Waals surface area contributed by atoms with E-state index >= 15 is 0 Å². The molecule has 1 heterocycles. The molecule has 0 N–H and O–H groups in total. The molecular formula is C15H24ClNO2. The van der Waals surface area contributed by atoms with Gasteiger partial charge in [-0.15, -0.1) is 11.6 Å². The summed E-state index contributed by atoms with van der Waals surface area (Å²) in [5, 5.41) is -0.462. The van der Waals surface area contributed by atoms with E-state index in [0.29, 0.717) is 0 Å². The first-order valence-corrected chi connectivity index (χ1v) is 7.26. The van der Waals surface area contributed by atoms with Crippen molar-refractivity contribution in [1.29, 1.82) is 0 Å². The van der Waals surface area contributed by atoms with Gasteiger partial charge in [-0.2, -0.15) is 0 Å². The van der Waals surface area contributed by atoms with E-state index in [1.54, 1.807) is 14.0 Å².